The average Bonchev–Trinajstić information content (AvgIpc) is 2.99. The van der Waals surface area contributed by atoms with Gasteiger partial charge in [-0.15, -0.1) is 0 Å². The monoisotopic (exact) mass is 281 g/mol. The standard InChI is InChI=1S/C13H19N3O2S/c17-19(18,6-3-11-1-4-14-5-2-11)16-9-12-7-15-8-13(12)10-16/h1-2,4-5,12-13,15H,3,6-10H2/t12-,13+. The Morgan fingerprint density at radius 2 is 1.84 bits per heavy atom. The van der Waals surface area contributed by atoms with Crippen molar-refractivity contribution in [3.8, 4) is 0 Å². The lowest BCUT2D eigenvalue weighted by Gasteiger charge is -2.17. The van der Waals surface area contributed by atoms with Gasteiger partial charge >= 0.3 is 0 Å². The Morgan fingerprint density at radius 3 is 2.47 bits per heavy atom. The third kappa shape index (κ3) is 2.80. The van der Waals surface area contributed by atoms with Gasteiger partial charge in [0.25, 0.3) is 0 Å². The van der Waals surface area contributed by atoms with E-state index in [-0.39, 0.29) is 5.75 Å². The van der Waals surface area contributed by atoms with Crippen LogP contribution in [0.3, 0.4) is 0 Å². The Morgan fingerprint density at radius 1 is 1.21 bits per heavy atom. The lowest BCUT2D eigenvalue weighted by molar-refractivity contribution is 0.448. The Bertz CT molecular complexity index is 520. The van der Waals surface area contributed by atoms with Crippen molar-refractivity contribution < 1.29 is 8.42 Å². The molecule has 2 fully saturated rings. The van der Waals surface area contributed by atoms with Gasteiger partial charge in [-0.25, -0.2) is 12.7 Å². The van der Waals surface area contributed by atoms with Crippen LogP contribution in [-0.4, -0.2) is 49.6 Å². The quantitative estimate of drug-likeness (QED) is 0.850. The maximum absolute atomic E-state index is 12.3. The maximum atomic E-state index is 12.3. The molecule has 1 aromatic heterocycles. The van der Waals surface area contributed by atoms with Gasteiger partial charge in [0.1, 0.15) is 0 Å². The average molecular weight is 281 g/mol. The van der Waals surface area contributed by atoms with Crippen molar-refractivity contribution >= 4 is 10.0 Å². The summed E-state index contributed by atoms with van der Waals surface area (Å²) in [5.41, 5.74) is 1.03. The second-order valence-corrected chi connectivity index (χ2v) is 7.51. The van der Waals surface area contributed by atoms with Crippen LogP contribution >= 0.6 is 0 Å². The summed E-state index contributed by atoms with van der Waals surface area (Å²) in [4.78, 5) is 3.94. The molecule has 1 aromatic rings. The fraction of sp³-hybridized carbons (Fsp3) is 0.615. The molecule has 19 heavy (non-hydrogen) atoms. The van der Waals surface area contributed by atoms with Crippen LogP contribution in [0, 0.1) is 11.8 Å². The molecule has 0 unspecified atom stereocenters. The second kappa shape index (κ2) is 5.19. The normalized spacial score (nSPS) is 27.6. The highest BCUT2D eigenvalue weighted by molar-refractivity contribution is 7.89. The highest BCUT2D eigenvalue weighted by Gasteiger charge is 2.40. The lowest BCUT2D eigenvalue weighted by Crippen LogP contribution is -2.34. The summed E-state index contributed by atoms with van der Waals surface area (Å²) in [6.07, 6.45) is 3.97. The number of pyridine rings is 1. The molecule has 0 aliphatic carbocycles. The van der Waals surface area contributed by atoms with E-state index in [4.69, 9.17) is 0 Å². The smallest absolute Gasteiger partial charge is 0.214 e. The van der Waals surface area contributed by atoms with Crippen LogP contribution in [0.4, 0.5) is 0 Å². The summed E-state index contributed by atoms with van der Waals surface area (Å²) in [7, 11) is -3.12. The molecule has 2 aliphatic heterocycles. The van der Waals surface area contributed by atoms with Gasteiger partial charge in [0, 0.05) is 25.5 Å². The number of sulfonamides is 1. The van der Waals surface area contributed by atoms with E-state index in [1.54, 1.807) is 16.7 Å². The van der Waals surface area contributed by atoms with Crippen LogP contribution in [-0.2, 0) is 16.4 Å². The van der Waals surface area contributed by atoms with Crippen LogP contribution in [0.25, 0.3) is 0 Å². The number of nitrogens with one attached hydrogen (secondary N) is 1. The SMILES string of the molecule is O=S(=O)(CCc1ccncc1)N1C[C@H]2CNC[C@H]2C1. The molecule has 3 heterocycles. The van der Waals surface area contributed by atoms with E-state index in [2.05, 4.69) is 10.3 Å². The zero-order chi connectivity index (χ0) is 13.3. The van der Waals surface area contributed by atoms with Gasteiger partial charge in [0.15, 0.2) is 0 Å². The molecular formula is C13H19N3O2S. The predicted octanol–water partition coefficient (Wildman–Crippen LogP) is 0.105. The largest absolute Gasteiger partial charge is 0.316 e. The van der Waals surface area contributed by atoms with E-state index in [1.165, 1.54) is 0 Å². The van der Waals surface area contributed by atoms with Crippen molar-refractivity contribution in [2.45, 2.75) is 6.42 Å². The number of aromatic nitrogens is 1. The van der Waals surface area contributed by atoms with Crippen molar-refractivity contribution in [2.75, 3.05) is 31.9 Å². The van der Waals surface area contributed by atoms with Crippen molar-refractivity contribution in [3.63, 3.8) is 0 Å². The van der Waals surface area contributed by atoms with Crippen LogP contribution in [0.15, 0.2) is 24.5 Å². The zero-order valence-corrected chi connectivity index (χ0v) is 11.6. The molecule has 3 rings (SSSR count). The number of nitrogens with zero attached hydrogens (tertiary/aromatic N) is 2. The molecular weight excluding hydrogens is 262 g/mol. The lowest BCUT2D eigenvalue weighted by atomic mass is 10.0. The van der Waals surface area contributed by atoms with E-state index in [1.807, 2.05) is 12.1 Å². The van der Waals surface area contributed by atoms with Gasteiger partial charge in [-0.1, -0.05) is 0 Å². The Kier molecular flexibility index (Phi) is 3.56. The predicted molar refractivity (Wildman–Crippen MR) is 73.2 cm³/mol. The number of hydrogen-bond donors (Lipinski definition) is 1. The summed E-state index contributed by atoms with van der Waals surface area (Å²) in [6, 6.07) is 3.75. The first kappa shape index (κ1) is 13.0. The van der Waals surface area contributed by atoms with Crippen LogP contribution in [0.5, 0.6) is 0 Å². The van der Waals surface area contributed by atoms with Crippen molar-refractivity contribution in [1.29, 1.82) is 0 Å². The first-order valence-corrected chi connectivity index (χ1v) is 8.33. The summed E-state index contributed by atoms with van der Waals surface area (Å²) in [5, 5.41) is 3.33. The minimum absolute atomic E-state index is 0.198. The van der Waals surface area contributed by atoms with E-state index < -0.39 is 10.0 Å². The molecule has 5 nitrogen and oxygen atoms in total. The first-order valence-electron chi connectivity index (χ1n) is 6.72. The first-order chi connectivity index (χ1) is 9.15. The summed E-state index contributed by atoms with van der Waals surface area (Å²) in [6.45, 7) is 3.30. The summed E-state index contributed by atoms with van der Waals surface area (Å²) in [5.74, 6) is 1.22. The number of hydrogen-bond acceptors (Lipinski definition) is 4. The maximum Gasteiger partial charge on any atom is 0.214 e. The molecule has 0 aromatic carbocycles. The van der Waals surface area contributed by atoms with E-state index in [0.717, 1.165) is 18.7 Å². The van der Waals surface area contributed by atoms with Crippen molar-refractivity contribution in [3.05, 3.63) is 30.1 Å². The van der Waals surface area contributed by atoms with E-state index in [9.17, 15) is 8.42 Å². The molecule has 2 aliphatic rings. The third-order valence-corrected chi connectivity index (χ3v) is 5.95. The van der Waals surface area contributed by atoms with Gasteiger partial charge in [0.2, 0.25) is 10.0 Å². The topological polar surface area (TPSA) is 62.3 Å². The molecule has 2 atom stereocenters. The van der Waals surface area contributed by atoms with Gasteiger partial charge < -0.3 is 5.32 Å². The van der Waals surface area contributed by atoms with Gasteiger partial charge in [-0.3, -0.25) is 4.98 Å². The van der Waals surface area contributed by atoms with E-state index in [0.29, 0.717) is 31.3 Å². The minimum Gasteiger partial charge on any atom is -0.316 e. The highest BCUT2D eigenvalue weighted by Crippen LogP contribution is 2.28. The molecule has 6 heteroatoms. The fourth-order valence-corrected chi connectivity index (χ4v) is 4.55. The van der Waals surface area contributed by atoms with Crippen LogP contribution in [0.2, 0.25) is 0 Å². The molecule has 0 spiro atoms. The van der Waals surface area contributed by atoms with Crippen molar-refractivity contribution in [2.24, 2.45) is 11.8 Å². The molecule has 0 bridgehead atoms. The summed E-state index contributed by atoms with van der Waals surface area (Å²) >= 11 is 0. The number of rotatable bonds is 4. The third-order valence-electron chi connectivity index (χ3n) is 4.15. The van der Waals surface area contributed by atoms with Gasteiger partial charge in [0.05, 0.1) is 5.75 Å². The molecule has 104 valence electrons. The van der Waals surface area contributed by atoms with Crippen LogP contribution < -0.4 is 5.32 Å². The molecule has 2 saturated heterocycles. The zero-order valence-electron chi connectivity index (χ0n) is 10.8. The summed E-state index contributed by atoms with van der Waals surface area (Å²) < 4.78 is 26.3. The molecule has 1 N–H and O–H groups in total. The number of fused-ring (bicyclic) bond motifs is 1. The van der Waals surface area contributed by atoms with Gasteiger partial charge in [-0.2, -0.15) is 0 Å². The molecule has 0 saturated carbocycles. The van der Waals surface area contributed by atoms with Crippen LogP contribution in [0.1, 0.15) is 5.56 Å². The number of aryl methyl sites for hydroxylation is 1. The highest BCUT2D eigenvalue weighted by atomic mass is 32.2. The molecule has 0 amide bonds. The fourth-order valence-electron chi connectivity index (χ4n) is 2.96. The van der Waals surface area contributed by atoms with E-state index >= 15 is 0 Å². The van der Waals surface area contributed by atoms with Gasteiger partial charge in [-0.05, 0) is 49.0 Å². The molecule has 0 radical (unpaired) electrons. The van der Waals surface area contributed by atoms with Crippen molar-refractivity contribution in [1.82, 2.24) is 14.6 Å². The Labute approximate surface area is 114 Å². The second-order valence-electron chi connectivity index (χ2n) is 5.42. The Balaban J connectivity index is 1.61. The Hall–Kier alpha value is -0.980. The minimum atomic E-state index is -3.12.